The Morgan fingerprint density at radius 3 is 2.67 bits per heavy atom. The average Bonchev–Trinajstić information content (AvgIpc) is 2.75. The van der Waals surface area contributed by atoms with Crippen LogP contribution in [-0.4, -0.2) is 30.0 Å². The molecule has 0 spiro atoms. The lowest BCUT2D eigenvalue weighted by molar-refractivity contribution is -0.144. The molecule has 154 valence electrons. The van der Waals surface area contributed by atoms with Crippen molar-refractivity contribution in [1.29, 1.82) is 0 Å². The molecule has 0 aliphatic carbocycles. The number of rotatable bonds is 6. The minimum absolute atomic E-state index is 0.00664. The maximum Gasteiger partial charge on any atom is 0.306 e. The number of ether oxygens (including phenoxy) is 3. The largest absolute Gasteiger partial charge is 0.486 e. The van der Waals surface area contributed by atoms with Crippen LogP contribution in [0.3, 0.4) is 0 Å². The van der Waals surface area contributed by atoms with Crippen LogP contribution >= 0.6 is 11.6 Å². The molecule has 0 N–H and O–H groups in total. The molecule has 0 fully saturated rings. The van der Waals surface area contributed by atoms with Crippen LogP contribution in [0.15, 0.2) is 42.5 Å². The highest BCUT2D eigenvalue weighted by atomic mass is 35.5. The first kappa shape index (κ1) is 20.2. The van der Waals surface area contributed by atoms with E-state index in [0.717, 1.165) is 16.5 Å². The summed E-state index contributed by atoms with van der Waals surface area (Å²) in [6.07, 6.45) is 0.0204. The Bertz CT molecular complexity index is 1130. The smallest absolute Gasteiger partial charge is 0.306 e. The van der Waals surface area contributed by atoms with Crippen LogP contribution in [-0.2, 0) is 16.1 Å². The van der Waals surface area contributed by atoms with Crippen LogP contribution in [0.2, 0.25) is 5.15 Å². The van der Waals surface area contributed by atoms with Crippen molar-refractivity contribution >= 4 is 34.3 Å². The van der Waals surface area contributed by atoms with Gasteiger partial charge in [-0.2, -0.15) is 0 Å². The SMILES string of the molecule is Cc1ccc2cc(COC(=O)CCC(=O)c3ccc4c(c3)OCCO4)c(Cl)nc2c1. The monoisotopic (exact) mass is 425 g/mol. The highest BCUT2D eigenvalue weighted by Crippen LogP contribution is 2.31. The van der Waals surface area contributed by atoms with Crippen molar-refractivity contribution in [3.05, 3.63) is 64.3 Å². The highest BCUT2D eigenvalue weighted by Gasteiger charge is 2.16. The minimum atomic E-state index is -0.471. The third kappa shape index (κ3) is 4.54. The maximum atomic E-state index is 12.4. The van der Waals surface area contributed by atoms with E-state index in [4.69, 9.17) is 25.8 Å². The van der Waals surface area contributed by atoms with Gasteiger partial charge in [-0.3, -0.25) is 9.59 Å². The van der Waals surface area contributed by atoms with Crippen LogP contribution in [0.1, 0.15) is 34.3 Å². The summed E-state index contributed by atoms with van der Waals surface area (Å²) in [5, 5.41) is 1.22. The number of Topliss-reactive ketones (excluding diaryl/α,β-unsaturated/α-hetero) is 1. The lowest BCUT2D eigenvalue weighted by atomic mass is 10.1. The Kier molecular flexibility index (Phi) is 5.86. The molecule has 0 atom stereocenters. The number of nitrogens with zero attached hydrogens (tertiary/aromatic N) is 1. The molecule has 6 nitrogen and oxygen atoms in total. The Balaban J connectivity index is 1.33. The number of benzene rings is 2. The van der Waals surface area contributed by atoms with Crippen molar-refractivity contribution in [1.82, 2.24) is 4.98 Å². The Morgan fingerprint density at radius 2 is 1.83 bits per heavy atom. The average molecular weight is 426 g/mol. The van der Waals surface area contributed by atoms with Crippen molar-refractivity contribution in [3.8, 4) is 11.5 Å². The fourth-order valence-electron chi connectivity index (χ4n) is 3.21. The second kappa shape index (κ2) is 8.71. The molecule has 0 saturated heterocycles. The van der Waals surface area contributed by atoms with Crippen LogP contribution in [0.4, 0.5) is 0 Å². The number of hydrogen-bond donors (Lipinski definition) is 0. The molecule has 30 heavy (non-hydrogen) atoms. The van der Waals surface area contributed by atoms with E-state index in [2.05, 4.69) is 4.98 Å². The van der Waals surface area contributed by atoms with Gasteiger partial charge in [0.1, 0.15) is 25.0 Å². The maximum absolute atomic E-state index is 12.4. The lowest BCUT2D eigenvalue weighted by Gasteiger charge is -2.18. The summed E-state index contributed by atoms with van der Waals surface area (Å²) in [6.45, 7) is 2.93. The molecular formula is C23H20ClNO5. The van der Waals surface area contributed by atoms with Gasteiger partial charge in [-0.25, -0.2) is 4.98 Å². The molecule has 4 rings (SSSR count). The van der Waals surface area contributed by atoms with Crippen molar-refractivity contribution in [3.63, 3.8) is 0 Å². The van der Waals surface area contributed by atoms with Crippen molar-refractivity contribution in [2.75, 3.05) is 13.2 Å². The van der Waals surface area contributed by atoms with Gasteiger partial charge in [-0.1, -0.05) is 23.7 Å². The predicted molar refractivity (Wildman–Crippen MR) is 112 cm³/mol. The number of carbonyl (C=O) groups excluding carboxylic acids is 2. The van der Waals surface area contributed by atoms with Gasteiger partial charge < -0.3 is 14.2 Å². The summed E-state index contributed by atoms with van der Waals surface area (Å²) in [5.41, 5.74) is 2.98. The van der Waals surface area contributed by atoms with E-state index in [1.54, 1.807) is 18.2 Å². The van der Waals surface area contributed by atoms with Crippen LogP contribution in [0, 0.1) is 6.92 Å². The third-order valence-electron chi connectivity index (χ3n) is 4.81. The zero-order chi connectivity index (χ0) is 21.1. The Hall–Kier alpha value is -3.12. The first-order valence-electron chi connectivity index (χ1n) is 9.64. The van der Waals surface area contributed by atoms with Crippen molar-refractivity contribution < 1.29 is 23.8 Å². The lowest BCUT2D eigenvalue weighted by Crippen LogP contribution is -2.16. The molecule has 1 aliphatic rings. The van der Waals surface area contributed by atoms with Gasteiger partial charge in [0.05, 0.1) is 11.9 Å². The quantitative estimate of drug-likeness (QED) is 0.324. The summed E-state index contributed by atoms with van der Waals surface area (Å²) >= 11 is 6.23. The van der Waals surface area contributed by atoms with E-state index in [-0.39, 0.29) is 25.2 Å². The summed E-state index contributed by atoms with van der Waals surface area (Å²) in [4.78, 5) is 28.9. The van der Waals surface area contributed by atoms with Crippen molar-refractivity contribution in [2.45, 2.75) is 26.4 Å². The zero-order valence-corrected chi connectivity index (χ0v) is 17.2. The van der Waals surface area contributed by atoms with E-state index < -0.39 is 5.97 Å². The van der Waals surface area contributed by atoms with Gasteiger partial charge in [0.2, 0.25) is 0 Å². The first-order valence-corrected chi connectivity index (χ1v) is 10.0. The first-order chi connectivity index (χ1) is 14.5. The summed E-state index contributed by atoms with van der Waals surface area (Å²) in [5.74, 6) is 0.530. The van der Waals surface area contributed by atoms with Crippen LogP contribution in [0.5, 0.6) is 11.5 Å². The van der Waals surface area contributed by atoms with Gasteiger partial charge in [0.15, 0.2) is 17.3 Å². The third-order valence-corrected chi connectivity index (χ3v) is 5.14. The van der Waals surface area contributed by atoms with Crippen LogP contribution in [0.25, 0.3) is 10.9 Å². The van der Waals surface area contributed by atoms with Gasteiger partial charge >= 0.3 is 5.97 Å². The summed E-state index contributed by atoms with van der Waals surface area (Å²) in [7, 11) is 0. The molecule has 7 heteroatoms. The molecule has 0 bridgehead atoms. The molecule has 0 amide bonds. The number of hydrogen-bond acceptors (Lipinski definition) is 6. The number of halogens is 1. The number of aromatic nitrogens is 1. The fourth-order valence-corrected chi connectivity index (χ4v) is 3.41. The number of fused-ring (bicyclic) bond motifs is 2. The fraction of sp³-hybridized carbons (Fsp3) is 0.261. The molecule has 0 radical (unpaired) electrons. The van der Waals surface area contributed by atoms with E-state index in [1.165, 1.54) is 0 Å². The predicted octanol–water partition coefficient (Wildman–Crippen LogP) is 4.67. The molecule has 0 saturated carbocycles. The number of pyridine rings is 1. The standard InChI is InChI=1S/C23H20ClNO5/c1-14-2-3-15-11-17(23(24)25-18(15)10-14)13-30-22(27)7-5-19(26)16-4-6-20-21(12-16)29-9-8-28-20/h2-4,6,10-12H,5,7-9,13H2,1H3. The minimum Gasteiger partial charge on any atom is -0.486 e. The van der Waals surface area contributed by atoms with E-state index in [1.807, 2.05) is 31.2 Å². The number of esters is 1. The van der Waals surface area contributed by atoms with E-state index >= 15 is 0 Å². The summed E-state index contributed by atoms with van der Waals surface area (Å²) in [6, 6.07) is 12.8. The van der Waals surface area contributed by atoms with E-state index in [9.17, 15) is 9.59 Å². The van der Waals surface area contributed by atoms with Crippen molar-refractivity contribution in [2.24, 2.45) is 0 Å². The molecule has 1 aliphatic heterocycles. The number of aryl methyl sites for hydroxylation is 1. The highest BCUT2D eigenvalue weighted by molar-refractivity contribution is 6.30. The normalized spacial score (nSPS) is 12.6. The second-order valence-electron chi connectivity index (χ2n) is 7.08. The Morgan fingerprint density at radius 1 is 1.03 bits per heavy atom. The molecule has 3 aromatic rings. The van der Waals surface area contributed by atoms with Gasteiger partial charge in [0, 0.05) is 22.9 Å². The Labute approximate surface area is 178 Å². The second-order valence-corrected chi connectivity index (χ2v) is 7.43. The molecule has 1 aromatic heterocycles. The van der Waals surface area contributed by atoms with Gasteiger partial charge in [-0.05, 0) is 42.8 Å². The number of carbonyl (C=O) groups is 2. The zero-order valence-electron chi connectivity index (χ0n) is 16.4. The van der Waals surface area contributed by atoms with Crippen LogP contribution < -0.4 is 9.47 Å². The molecular weight excluding hydrogens is 406 g/mol. The molecule has 2 heterocycles. The molecule has 2 aromatic carbocycles. The summed E-state index contributed by atoms with van der Waals surface area (Å²) < 4.78 is 16.2. The topological polar surface area (TPSA) is 74.7 Å². The molecule has 0 unspecified atom stereocenters. The van der Waals surface area contributed by atoms with E-state index in [0.29, 0.717) is 41.0 Å². The van der Waals surface area contributed by atoms with Gasteiger partial charge in [0.25, 0.3) is 0 Å². The number of ketones is 1. The van der Waals surface area contributed by atoms with Gasteiger partial charge in [-0.15, -0.1) is 0 Å².